The van der Waals surface area contributed by atoms with E-state index in [4.69, 9.17) is 4.74 Å². The number of rotatable bonds is 8. The third kappa shape index (κ3) is 6.09. The van der Waals surface area contributed by atoms with Crippen molar-refractivity contribution in [1.82, 2.24) is 10.2 Å². The van der Waals surface area contributed by atoms with Gasteiger partial charge in [-0.25, -0.2) is 0 Å². The average molecular weight is 366 g/mol. The van der Waals surface area contributed by atoms with Crippen molar-refractivity contribution in [2.75, 3.05) is 24.3 Å². The second kappa shape index (κ2) is 9.71. The molecule has 0 spiro atoms. The molecule has 142 valence electrons. The van der Waals surface area contributed by atoms with E-state index in [1.54, 1.807) is 13.2 Å². The Morgan fingerprint density at radius 3 is 2.52 bits per heavy atom. The second-order valence-corrected chi connectivity index (χ2v) is 6.66. The fraction of sp³-hybridized carbons (Fsp3) is 0.381. The number of nitrogens with zero attached hydrogens (tertiary/aromatic N) is 2. The number of methoxy groups -OCH3 is 1. The van der Waals surface area contributed by atoms with Crippen LogP contribution in [0.5, 0.6) is 5.75 Å². The first-order valence-corrected chi connectivity index (χ1v) is 9.41. The zero-order chi connectivity index (χ0) is 18.9. The molecule has 0 unspecified atom stereocenters. The normalized spacial score (nSPS) is 13.6. The molecule has 1 aliphatic carbocycles. The second-order valence-electron chi connectivity index (χ2n) is 6.66. The molecule has 2 N–H and O–H groups in total. The number of nitrogens with one attached hydrogen (secondary N) is 2. The molecular formula is C21H26N4O2. The van der Waals surface area contributed by atoms with Crippen molar-refractivity contribution >= 4 is 17.5 Å². The summed E-state index contributed by atoms with van der Waals surface area (Å²) >= 11 is 0. The van der Waals surface area contributed by atoms with Crippen LogP contribution in [-0.4, -0.2) is 29.8 Å². The van der Waals surface area contributed by atoms with Crippen molar-refractivity contribution < 1.29 is 9.53 Å². The quantitative estimate of drug-likeness (QED) is 0.692. The topological polar surface area (TPSA) is 76.1 Å². The van der Waals surface area contributed by atoms with Gasteiger partial charge in [0.1, 0.15) is 11.6 Å². The molecule has 1 aliphatic rings. The van der Waals surface area contributed by atoms with Crippen LogP contribution in [0, 0.1) is 0 Å². The lowest BCUT2D eigenvalue weighted by atomic mass is 9.97. The zero-order valence-electron chi connectivity index (χ0n) is 15.7. The summed E-state index contributed by atoms with van der Waals surface area (Å²) in [6.07, 6.45) is 8.72. The standard InChI is InChI=1S/C21H26N4O2/c1-27-18-9-7-17(8-10-18)15-21(26)23-20-12-11-19(24-25-20)22-14-13-16-5-3-2-4-6-16/h5,7-12H,2-4,6,13-15H2,1H3,(H,22,24)(H,23,25,26). The number of hydrogen-bond acceptors (Lipinski definition) is 5. The molecule has 0 bridgehead atoms. The van der Waals surface area contributed by atoms with Crippen LogP contribution >= 0.6 is 0 Å². The van der Waals surface area contributed by atoms with Gasteiger partial charge in [-0.3, -0.25) is 4.79 Å². The lowest BCUT2D eigenvalue weighted by Crippen LogP contribution is -2.16. The molecule has 0 saturated heterocycles. The maximum atomic E-state index is 12.1. The minimum Gasteiger partial charge on any atom is -0.497 e. The maximum absolute atomic E-state index is 12.1. The van der Waals surface area contributed by atoms with Crippen molar-refractivity contribution in [2.24, 2.45) is 0 Å². The molecule has 1 aromatic heterocycles. The van der Waals surface area contributed by atoms with Crippen LogP contribution in [0.3, 0.4) is 0 Å². The number of allylic oxidation sites excluding steroid dienone is 1. The lowest BCUT2D eigenvalue weighted by molar-refractivity contribution is -0.115. The Balaban J connectivity index is 1.43. The van der Waals surface area contributed by atoms with Crippen LogP contribution in [0.2, 0.25) is 0 Å². The van der Waals surface area contributed by atoms with Crippen molar-refractivity contribution in [3.8, 4) is 5.75 Å². The van der Waals surface area contributed by atoms with Gasteiger partial charge in [-0.05, 0) is 61.9 Å². The van der Waals surface area contributed by atoms with E-state index in [9.17, 15) is 4.79 Å². The van der Waals surface area contributed by atoms with Gasteiger partial charge in [0.25, 0.3) is 0 Å². The van der Waals surface area contributed by atoms with Gasteiger partial charge in [-0.15, -0.1) is 10.2 Å². The summed E-state index contributed by atoms with van der Waals surface area (Å²) in [4.78, 5) is 12.1. The van der Waals surface area contributed by atoms with Crippen LogP contribution in [0.1, 0.15) is 37.7 Å². The smallest absolute Gasteiger partial charge is 0.229 e. The predicted octanol–water partition coefficient (Wildman–Crippen LogP) is 3.97. The monoisotopic (exact) mass is 366 g/mol. The summed E-state index contributed by atoms with van der Waals surface area (Å²) < 4.78 is 5.12. The molecule has 0 saturated carbocycles. The van der Waals surface area contributed by atoms with Crippen LogP contribution in [0.4, 0.5) is 11.6 Å². The van der Waals surface area contributed by atoms with E-state index in [1.807, 2.05) is 30.3 Å². The van der Waals surface area contributed by atoms with E-state index in [0.717, 1.165) is 30.1 Å². The molecule has 1 amide bonds. The van der Waals surface area contributed by atoms with Gasteiger partial charge >= 0.3 is 0 Å². The SMILES string of the molecule is COc1ccc(CC(=O)Nc2ccc(NCCC3=CCCCC3)nn2)cc1. The first kappa shape index (κ1) is 18.9. The third-order valence-electron chi connectivity index (χ3n) is 4.59. The molecule has 3 rings (SSSR count). The molecular weight excluding hydrogens is 340 g/mol. The van der Waals surface area contributed by atoms with Gasteiger partial charge in [-0.1, -0.05) is 23.8 Å². The zero-order valence-corrected chi connectivity index (χ0v) is 15.7. The highest BCUT2D eigenvalue weighted by atomic mass is 16.5. The van der Waals surface area contributed by atoms with Crippen LogP contribution in [0.15, 0.2) is 48.0 Å². The molecule has 6 nitrogen and oxygen atoms in total. The number of anilines is 2. The molecule has 0 atom stereocenters. The highest BCUT2D eigenvalue weighted by Gasteiger charge is 2.07. The fourth-order valence-corrected chi connectivity index (χ4v) is 3.09. The molecule has 1 heterocycles. The van der Waals surface area contributed by atoms with Crippen LogP contribution in [0.25, 0.3) is 0 Å². The summed E-state index contributed by atoms with van der Waals surface area (Å²) in [5.74, 6) is 1.82. The summed E-state index contributed by atoms with van der Waals surface area (Å²) in [5.41, 5.74) is 2.45. The van der Waals surface area contributed by atoms with E-state index in [-0.39, 0.29) is 12.3 Å². The molecule has 6 heteroatoms. The Bertz CT molecular complexity index is 770. The van der Waals surface area contributed by atoms with Gasteiger partial charge in [-0.2, -0.15) is 0 Å². The minimum absolute atomic E-state index is 0.126. The van der Waals surface area contributed by atoms with E-state index in [2.05, 4.69) is 26.9 Å². The Hall–Kier alpha value is -2.89. The number of ether oxygens (including phenoxy) is 1. The van der Waals surface area contributed by atoms with Crippen LogP contribution < -0.4 is 15.4 Å². The molecule has 0 aliphatic heterocycles. The minimum atomic E-state index is -0.126. The number of benzene rings is 1. The Labute approximate surface area is 160 Å². The third-order valence-corrected chi connectivity index (χ3v) is 4.59. The fourth-order valence-electron chi connectivity index (χ4n) is 3.09. The first-order chi connectivity index (χ1) is 13.2. The van der Waals surface area contributed by atoms with E-state index >= 15 is 0 Å². The van der Waals surface area contributed by atoms with Gasteiger partial charge in [0, 0.05) is 6.54 Å². The molecule has 0 fully saturated rings. The summed E-state index contributed by atoms with van der Waals surface area (Å²) in [6.45, 7) is 0.851. The van der Waals surface area contributed by atoms with Gasteiger partial charge in [0.15, 0.2) is 5.82 Å². The molecule has 2 aromatic rings. The Morgan fingerprint density at radius 2 is 1.85 bits per heavy atom. The van der Waals surface area contributed by atoms with E-state index in [0.29, 0.717) is 5.82 Å². The number of amides is 1. The Kier molecular flexibility index (Phi) is 6.79. The number of carbonyl (C=O) groups is 1. The van der Waals surface area contributed by atoms with Crippen LogP contribution in [-0.2, 0) is 11.2 Å². The first-order valence-electron chi connectivity index (χ1n) is 9.41. The lowest BCUT2D eigenvalue weighted by Gasteiger charge is -2.13. The van der Waals surface area contributed by atoms with E-state index in [1.165, 1.54) is 31.3 Å². The van der Waals surface area contributed by atoms with Crippen molar-refractivity contribution in [1.29, 1.82) is 0 Å². The summed E-state index contributed by atoms with van der Waals surface area (Å²) in [6, 6.07) is 11.0. The maximum Gasteiger partial charge on any atom is 0.229 e. The van der Waals surface area contributed by atoms with Gasteiger partial charge in [0.05, 0.1) is 13.5 Å². The predicted molar refractivity (Wildman–Crippen MR) is 107 cm³/mol. The molecule has 1 aromatic carbocycles. The number of aromatic nitrogens is 2. The van der Waals surface area contributed by atoms with Crippen molar-refractivity contribution in [2.45, 2.75) is 38.5 Å². The van der Waals surface area contributed by atoms with Crippen molar-refractivity contribution in [3.05, 3.63) is 53.6 Å². The molecule has 0 radical (unpaired) electrons. The highest BCUT2D eigenvalue weighted by molar-refractivity contribution is 5.91. The van der Waals surface area contributed by atoms with E-state index < -0.39 is 0 Å². The average Bonchev–Trinajstić information content (AvgIpc) is 2.71. The Morgan fingerprint density at radius 1 is 1.07 bits per heavy atom. The highest BCUT2D eigenvalue weighted by Crippen LogP contribution is 2.20. The van der Waals surface area contributed by atoms with Crippen molar-refractivity contribution in [3.63, 3.8) is 0 Å². The van der Waals surface area contributed by atoms with Gasteiger partial charge < -0.3 is 15.4 Å². The molecule has 27 heavy (non-hydrogen) atoms. The largest absolute Gasteiger partial charge is 0.497 e. The summed E-state index contributed by atoms with van der Waals surface area (Å²) in [5, 5.41) is 14.3. The number of carbonyl (C=O) groups excluding carboxylic acids is 1. The van der Waals surface area contributed by atoms with Gasteiger partial charge in [0.2, 0.25) is 5.91 Å². The number of hydrogen-bond donors (Lipinski definition) is 2. The summed E-state index contributed by atoms with van der Waals surface area (Å²) in [7, 11) is 1.62.